The molecule has 0 atom stereocenters. The minimum absolute atomic E-state index is 0.718. The van der Waals surface area contributed by atoms with Gasteiger partial charge in [0.15, 0.2) is 0 Å². The smallest absolute Gasteiger partial charge is 0.129 e. The first-order valence-electron chi connectivity index (χ1n) is 16.3. The van der Waals surface area contributed by atoms with Crippen LogP contribution in [0.4, 0.5) is 22.7 Å². The van der Waals surface area contributed by atoms with Crippen LogP contribution >= 0.6 is 0 Å². The summed E-state index contributed by atoms with van der Waals surface area (Å²) >= 11 is 0. The number of aromatic nitrogens is 2. The molecule has 0 saturated carbocycles. The van der Waals surface area contributed by atoms with Gasteiger partial charge in [-0.15, -0.1) is 0 Å². The lowest BCUT2D eigenvalue weighted by Gasteiger charge is -2.25. The molecule has 0 N–H and O–H groups in total. The van der Waals surface area contributed by atoms with Gasteiger partial charge >= 0.3 is 0 Å². The zero-order chi connectivity index (χ0) is 32.6. The lowest BCUT2D eigenvalue weighted by Crippen LogP contribution is -2.25. The summed E-state index contributed by atoms with van der Waals surface area (Å²) in [5, 5.41) is 5.06. The van der Waals surface area contributed by atoms with Crippen molar-refractivity contribution >= 4 is 22.7 Å². The fraction of sp³-hybridized carbons (Fsp3) is 0.0930. The summed E-state index contributed by atoms with van der Waals surface area (Å²) in [6.07, 6.45) is 2.10. The van der Waals surface area contributed by atoms with E-state index in [1.165, 1.54) is 33.8 Å². The largest absolute Gasteiger partial charge is 0.457 e. The van der Waals surface area contributed by atoms with Crippen LogP contribution in [0, 0.1) is 20.8 Å². The fourth-order valence-corrected chi connectivity index (χ4v) is 6.91. The molecule has 5 nitrogen and oxygen atoms in total. The number of fused-ring (bicyclic) bond motifs is 1. The molecule has 0 unspecified atom stereocenters. The summed E-state index contributed by atoms with van der Waals surface area (Å²) in [4.78, 5) is 4.78. The first kappa shape index (κ1) is 29.3. The standard InChI is InChI=1S/C43H36N4O/c1-30-24-31(2)43(32(3)25-30)46-29-45(40-22-10-11-23-41(40)46)35-18-12-20-37(26-35)48-38-21-13-19-36(27-38)47-28-39(33-14-6-4-7-15-33)42(44-47)34-16-8-5-9-17-34/h4-28H,29H2,1-3H3. The topological polar surface area (TPSA) is 33.5 Å². The normalized spacial score (nSPS) is 12.3. The van der Waals surface area contributed by atoms with Crippen molar-refractivity contribution in [3.63, 3.8) is 0 Å². The van der Waals surface area contributed by atoms with Crippen LogP contribution in [-0.2, 0) is 0 Å². The van der Waals surface area contributed by atoms with Gasteiger partial charge < -0.3 is 14.5 Å². The second kappa shape index (κ2) is 12.3. The number of para-hydroxylation sites is 2. The molecule has 0 aliphatic carbocycles. The molecule has 1 aliphatic rings. The van der Waals surface area contributed by atoms with E-state index >= 15 is 0 Å². The Hall–Kier alpha value is -6.07. The van der Waals surface area contributed by atoms with Gasteiger partial charge in [0.25, 0.3) is 0 Å². The molecule has 0 fully saturated rings. The molecule has 8 rings (SSSR count). The summed E-state index contributed by atoms with van der Waals surface area (Å²) in [5.41, 5.74) is 13.7. The predicted molar refractivity (Wildman–Crippen MR) is 197 cm³/mol. The van der Waals surface area contributed by atoms with Gasteiger partial charge in [-0.2, -0.15) is 5.10 Å². The van der Waals surface area contributed by atoms with Gasteiger partial charge in [-0.25, -0.2) is 4.68 Å². The molecule has 7 aromatic rings. The number of ether oxygens (including phenoxy) is 1. The molecular weight excluding hydrogens is 589 g/mol. The van der Waals surface area contributed by atoms with Crippen molar-refractivity contribution in [3.05, 3.63) is 168 Å². The van der Waals surface area contributed by atoms with Crippen LogP contribution in [0.15, 0.2) is 152 Å². The second-order valence-corrected chi connectivity index (χ2v) is 12.4. The molecule has 0 amide bonds. The Kier molecular flexibility index (Phi) is 7.50. The third-order valence-electron chi connectivity index (χ3n) is 8.94. The SMILES string of the molecule is Cc1cc(C)c(N2CN(c3cccc(Oc4cccc(-n5cc(-c6ccccc6)c(-c6ccccc6)n5)c4)c3)c3ccccc32)c(C)c1. The summed E-state index contributed by atoms with van der Waals surface area (Å²) in [6.45, 7) is 7.29. The molecule has 0 radical (unpaired) electrons. The van der Waals surface area contributed by atoms with Crippen LogP contribution in [0.5, 0.6) is 11.5 Å². The van der Waals surface area contributed by atoms with Gasteiger partial charge in [0.2, 0.25) is 0 Å². The first-order valence-corrected chi connectivity index (χ1v) is 16.3. The van der Waals surface area contributed by atoms with Gasteiger partial charge in [-0.3, -0.25) is 0 Å². The number of nitrogens with zero attached hydrogens (tertiary/aromatic N) is 4. The lowest BCUT2D eigenvalue weighted by atomic mass is 10.0. The zero-order valence-corrected chi connectivity index (χ0v) is 27.3. The molecule has 0 bridgehead atoms. The maximum atomic E-state index is 6.52. The Morgan fingerprint density at radius 3 is 1.77 bits per heavy atom. The van der Waals surface area contributed by atoms with E-state index in [9.17, 15) is 0 Å². The third-order valence-corrected chi connectivity index (χ3v) is 8.94. The van der Waals surface area contributed by atoms with E-state index in [1.54, 1.807) is 0 Å². The molecule has 1 aromatic heterocycles. The number of hydrogen-bond acceptors (Lipinski definition) is 4. The first-order chi connectivity index (χ1) is 23.5. The maximum Gasteiger partial charge on any atom is 0.129 e. The van der Waals surface area contributed by atoms with E-state index in [0.29, 0.717) is 0 Å². The van der Waals surface area contributed by atoms with Crippen molar-refractivity contribution in [3.8, 4) is 39.6 Å². The van der Waals surface area contributed by atoms with Gasteiger partial charge in [-0.05, 0) is 73.9 Å². The van der Waals surface area contributed by atoms with E-state index in [2.05, 4.69) is 146 Å². The molecule has 1 aliphatic heterocycles. The maximum absolute atomic E-state index is 6.52. The highest BCUT2D eigenvalue weighted by molar-refractivity contribution is 5.88. The fourth-order valence-electron chi connectivity index (χ4n) is 6.91. The van der Waals surface area contributed by atoms with Gasteiger partial charge in [0.1, 0.15) is 23.9 Å². The number of anilines is 4. The highest BCUT2D eigenvalue weighted by Crippen LogP contribution is 2.46. The quantitative estimate of drug-likeness (QED) is 0.177. The predicted octanol–water partition coefficient (Wildman–Crippen LogP) is 11.2. The monoisotopic (exact) mass is 624 g/mol. The Bertz CT molecular complexity index is 2160. The Morgan fingerprint density at radius 2 is 1.10 bits per heavy atom. The van der Waals surface area contributed by atoms with Crippen molar-refractivity contribution in [1.29, 1.82) is 0 Å². The van der Waals surface area contributed by atoms with Crippen molar-refractivity contribution in [2.24, 2.45) is 0 Å². The van der Waals surface area contributed by atoms with Crippen molar-refractivity contribution < 1.29 is 4.74 Å². The molecule has 48 heavy (non-hydrogen) atoms. The van der Waals surface area contributed by atoms with Crippen molar-refractivity contribution in [2.45, 2.75) is 20.8 Å². The molecule has 234 valence electrons. The summed E-state index contributed by atoms with van der Waals surface area (Å²) in [5.74, 6) is 1.52. The van der Waals surface area contributed by atoms with Crippen LogP contribution in [0.3, 0.4) is 0 Å². The number of rotatable bonds is 7. The van der Waals surface area contributed by atoms with Gasteiger partial charge in [-0.1, -0.05) is 103 Å². The highest BCUT2D eigenvalue weighted by atomic mass is 16.5. The Morgan fingerprint density at radius 1 is 0.542 bits per heavy atom. The number of hydrogen-bond donors (Lipinski definition) is 0. The molecule has 0 spiro atoms. The minimum Gasteiger partial charge on any atom is -0.457 e. The molecular formula is C43H36N4O. The van der Waals surface area contributed by atoms with Crippen molar-refractivity contribution in [1.82, 2.24) is 9.78 Å². The van der Waals surface area contributed by atoms with Gasteiger partial charge in [0, 0.05) is 40.8 Å². The third kappa shape index (κ3) is 5.50. The average molecular weight is 625 g/mol. The summed E-state index contributed by atoms with van der Waals surface area (Å²) in [6, 6.07) is 50.4. The van der Waals surface area contributed by atoms with E-state index in [1.807, 2.05) is 41.1 Å². The van der Waals surface area contributed by atoms with Crippen LogP contribution in [-0.4, -0.2) is 16.4 Å². The van der Waals surface area contributed by atoms with Crippen LogP contribution < -0.4 is 14.5 Å². The zero-order valence-electron chi connectivity index (χ0n) is 27.3. The number of benzene rings is 6. The van der Waals surface area contributed by atoms with E-state index in [0.717, 1.165) is 51.9 Å². The van der Waals surface area contributed by atoms with Crippen LogP contribution in [0.1, 0.15) is 16.7 Å². The van der Waals surface area contributed by atoms with Crippen LogP contribution in [0.2, 0.25) is 0 Å². The summed E-state index contributed by atoms with van der Waals surface area (Å²) in [7, 11) is 0. The highest BCUT2D eigenvalue weighted by Gasteiger charge is 2.29. The molecule has 2 heterocycles. The van der Waals surface area contributed by atoms with E-state index < -0.39 is 0 Å². The van der Waals surface area contributed by atoms with E-state index in [4.69, 9.17) is 9.84 Å². The van der Waals surface area contributed by atoms with Crippen molar-refractivity contribution in [2.75, 3.05) is 16.5 Å². The summed E-state index contributed by atoms with van der Waals surface area (Å²) < 4.78 is 8.46. The van der Waals surface area contributed by atoms with Gasteiger partial charge in [0.05, 0.1) is 17.1 Å². The van der Waals surface area contributed by atoms with E-state index in [-0.39, 0.29) is 0 Å². The Labute approximate surface area is 281 Å². The minimum atomic E-state index is 0.718. The molecule has 5 heteroatoms. The Balaban J connectivity index is 1.10. The lowest BCUT2D eigenvalue weighted by molar-refractivity contribution is 0.482. The molecule has 0 saturated heterocycles. The number of aryl methyl sites for hydroxylation is 3. The average Bonchev–Trinajstić information content (AvgIpc) is 3.72. The molecule has 6 aromatic carbocycles. The second-order valence-electron chi connectivity index (χ2n) is 12.4. The van der Waals surface area contributed by atoms with Crippen LogP contribution in [0.25, 0.3) is 28.1 Å².